The summed E-state index contributed by atoms with van der Waals surface area (Å²) in [6.07, 6.45) is 3.08. The Morgan fingerprint density at radius 3 is 2.48 bits per heavy atom. The van der Waals surface area contributed by atoms with Crippen LogP contribution in [0, 0.1) is 12.7 Å². The largest absolute Gasteiger partial charge is 0.507 e. The first-order chi connectivity index (χ1) is 14.9. The number of ketones is 1. The van der Waals surface area contributed by atoms with Gasteiger partial charge in [0.05, 0.1) is 24.3 Å². The average molecular weight is 418 g/mol. The van der Waals surface area contributed by atoms with Crippen molar-refractivity contribution in [1.29, 1.82) is 0 Å². The minimum atomic E-state index is -0.919. The van der Waals surface area contributed by atoms with Crippen LogP contribution in [0.4, 0.5) is 10.1 Å². The van der Waals surface area contributed by atoms with Gasteiger partial charge in [-0.15, -0.1) is 0 Å². The number of hydrogen-bond acceptors (Lipinski definition) is 5. The Kier molecular flexibility index (Phi) is 5.25. The lowest BCUT2D eigenvalue weighted by Gasteiger charge is -2.26. The molecule has 0 aliphatic carbocycles. The van der Waals surface area contributed by atoms with Crippen molar-refractivity contribution in [2.75, 3.05) is 12.0 Å². The predicted molar refractivity (Wildman–Crippen MR) is 113 cm³/mol. The van der Waals surface area contributed by atoms with E-state index in [4.69, 9.17) is 4.74 Å². The van der Waals surface area contributed by atoms with Crippen molar-refractivity contribution in [2.24, 2.45) is 0 Å². The zero-order valence-electron chi connectivity index (χ0n) is 16.9. The Morgan fingerprint density at radius 2 is 1.81 bits per heavy atom. The second-order valence-corrected chi connectivity index (χ2v) is 7.08. The molecule has 7 heteroatoms. The van der Waals surface area contributed by atoms with E-state index in [1.54, 1.807) is 24.3 Å². The molecule has 1 saturated heterocycles. The number of halogens is 1. The minimum absolute atomic E-state index is 0.00987. The molecule has 31 heavy (non-hydrogen) atoms. The summed E-state index contributed by atoms with van der Waals surface area (Å²) in [5, 5.41) is 11.1. The fourth-order valence-corrected chi connectivity index (χ4v) is 3.79. The molecule has 4 rings (SSSR count). The van der Waals surface area contributed by atoms with Gasteiger partial charge in [0.25, 0.3) is 11.7 Å². The van der Waals surface area contributed by atoms with Crippen LogP contribution in [0.1, 0.15) is 22.7 Å². The van der Waals surface area contributed by atoms with Crippen LogP contribution >= 0.6 is 0 Å². The summed E-state index contributed by atoms with van der Waals surface area (Å²) in [4.78, 5) is 31.6. The molecule has 1 atom stereocenters. The molecule has 0 spiro atoms. The number of carbonyl (C=O) groups is 2. The van der Waals surface area contributed by atoms with E-state index >= 15 is 0 Å². The smallest absolute Gasteiger partial charge is 0.300 e. The molecule has 1 fully saturated rings. The maximum atomic E-state index is 14.0. The Bertz CT molecular complexity index is 1210. The van der Waals surface area contributed by atoms with E-state index in [9.17, 15) is 19.1 Å². The second-order valence-electron chi connectivity index (χ2n) is 7.08. The van der Waals surface area contributed by atoms with Gasteiger partial charge in [-0.25, -0.2) is 4.39 Å². The first-order valence-corrected chi connectivity index (χ1v) is 9.54. The minimum Gasteiger partial charge on any atom is -0.507 e. The lowest BCUT2D eigenvalue weighted by atomic mass is 9.95. The number of aryl methyl sites for hydroxylation is 1. The molecular formula is C24H19FN2O4. The molecule has 0 bridgehead atoms. The predicted octanol–water partition coefficient (Wildman–Crippen LogP) is 4.16. The van der Waals surface area contributed by atoms with E-state index in [2.05, 4.69) is 4.98 Å². The van der Waals surface area contributed by atoms with E-state index in [0.29, 0.717) is 11.3 Å². The number of ether oxygens (including phenoxy) is 1. The maximum absolute atomic E-state index is 14.0. The zero-order valence-corrected chi connectivity index (χ0v) is 16.9. The Balaban J connectivity index is 2.00. The number of methoxy groups -OCH3 is 1. The Labute approximate surface area is 178 Å². The number of aliphatic hydroxyl groups is 1. The highest BCUT2D eigenvalue weighted by Crippen LogP contribution is 2.43. The molecule has 1 unspecified atom stereocenters. The van der Waals surface area contributed by atoms with Crippen LogP contribution < -0.4 is 9.64 Å². The fraction of sp³-hybridized carbons (Fsp3) is 0.125. The molecule has 1 aliphatic rings. The van der Waals surface area contributed by atoms with Gasteiger partial charge in [0.2, 0.25) is 0 Å². The third kappa shape index (κ3) is 3.44. The lowest BCUT2D eigenvalue weighted by Crippen LogP contribution is -2.30. The van der Waals surface area contributed by atoms with Crippen LogP contribution in [0.15, 0.2) is 72.6 Å². The summed E-state index contributed by atoms with van der Waals surface area (Å²) < 4.78 is 19.2. The van der Waals surface area contributed by atoms with E-state index in [-0.39, 0.29) is 16.9 Å². The van der Waals surface area contributed by atoms with Gasteiger partial charge in [0, 0.05) is 18.1 Å². The SMILES string of the molecule is COc1ccc(F)cc1/C(O)=C1\C(=O)C(=O)N(c2ccccc2C)C1c1ccncc1. The second kappa shape index (κ2) is 8.02. The van der Waals surface area contributed by atoms with Gasteiger partial charge in [0.15, 0.2) is 0 Å². The molecule has 1 amide bonds. The molecular weight excluding hydrogens is 399 g/mol. The van der Waals surface area contributed by atoms with Crippen molar-refractivity contribution < 1.29 is 23.8 Å². The number of Topliss-reactive ketones (excluding diaryl/α,β-unsaturated/α-hetero) is 1. The molecule has 6 nitrogen and oxygen atoms in total. The average Bonchev–Trinajstić information content (AvgIpc) is 3.05. The first-order valence-electron chi connectivity index (χ1n) is 9.54. The first kappa shape index (κ1) is 20.3. The number of pyridine rings is 1. The third-order valence-corrected chi connectivity index (χ3v) is 5.26. The van der Waals surface area contributed by atoms with Gasteiger partial charge in [-0.05, 0) is 54.4 Å². The molecule has 1 N–H and O–H groups in total. The summed E-state index contributed by atoms with van der Waals surface area (Å²) in [6.45, 7) is 1.83. The fourth-order valence-electron chi connectivity index (χ4n) is 3.79. The van der Waals surface area contributed by atoms with E-state index in [1.807, 2.05) is 19.1 Å². The van der Waals surface area contributed by atoms with Crippen LogP contribution in [0.3, 0.4) is 0 Å². The third-order valence-electron chi connectivity index (χ3n) is 5.26. The Hall–Kier alpha value is -4.00. The Morgan fingerprint density at radius 1 is 1.10 bits per heavy atom. The number of para-hydroxylation sites is 1. The van der Waals surface area contributed by atoms with Crippen molar-refractivity contribution in [3.63, 3.8) is 0 Å². The van der Waals surface area contributed by atoms with Crippen molar-refractivity contribution in [1.82, 2.24) is 4.98 Å². The normalized spacial score (nSPS) is 17.8. The number of aliphatic hydroxyl groups excluding tert-OH is 1. The number of benzene rings is 2. The van der Waals surface area contributed by atoms with Crippen LogP contribution in [-0.2, 0) is 9.59 Å². The topological polar surface area (TPSA) is 79.7 Å². The van der Waals surface area contributed by atoms with Gasteiger partial charge in [-0.2, -0.15) is 0 Å². The van der Waals surface area contributed by atoms with Crippen LogP contribution in [0.2, 0.25) is 0 Å². The highest BCUT2D eigenvalue weighted by atomic mass is 19.1. The van der Waals surface area contributed by atoms with E-state index in [1.165, 1.54) is 36.5 Å². The van der Waals surface area contributed by atoms with Gasteiger partial charge in [0.1, 0.15) is 17.3 Å². The molecule has 1 aromatic heterocycles. The monoisotopic (exact) mass is 418 g/mol. The molecule has 156 valence electrons. The number of rotatable bonds is 4. The van der Waals surface area contributed by atoms with Crippen LogP contribution in [0.25, 0.3) is 5.76 Å². The molecule has 0 saturated carbocycles. The standard InChI is InChI=1S/C24H19FN2O4/c1-14-5-3-4-6-18(14)27-21(15-9-11-26-12-10-15)20(23(29)24(27)30)22(28)17-13-16(25)7-8-19(17)31-2/h3-13,21,28H,1-2H3/b22-20+. The molecule has 3 aromatic rings. The van der Waals surface area contributed by atoms with Crippen molar-refractivity contribution in [2.45, 2.75) is 13.0 Å². The van der Waals surface area contributed by atoms with Gasteiger partial charge in [-0.1, -0.05) is 18.2 Å². The summed E-state index contributed by atoms with van der Waals surface area (Å²) in [6, 6.07) is 13.2. The lowest BCUT2D eigenvalue weighted by molar-refractivity contribution is -0.132. The maximum Gasteiger partial charge on any atom is 0.300 e. The van der Waals surface area contributed by atoms with Crippen LogP contribution in [0.5, 0.6) is 5.75 Å². The molecule has 1 aliphatic heterocycles. The molecule has 2 aromatic carbocycles. The number of amides is 1. The summed E-state index contributed by atoms with van der Waals surface area (Å²) in [5.74, 6) is -2.60. The summed E-state index contributed by atoms with van der Waals surface area (Å²) >= 11 is 0. The van der Waals surface area contributed by atoms with E-state index < -0.39 is 29.3 Å². The van der Waals surface area contributed by atoms with Crippen LogP contribution in [-0.4, -0.2) is 28.9 Å². The summed E-state index contributed by atoms with van der Waals surface area (Å²) in [5.41, 5.74) is 1.74. The van der Waals surface area contributed by atoms with Gasteiger partial charge >= 0.3 is 0 Å². The number of aromatic nitrogens is 1. The number of hydrogen-bond donors (Lipinski definition) is 1. The zero-order chi connectivity index (χ0) is 22.1. The highest BCUT2D eigenvalue weighted by molar-refractivity contribution is 6.51. The van der Waals surface area contributed by atoms with E-state index in [0.717, 1.165) is 11.6 Å². The van der Waals surface area contributed by atoms with Crippen molar-refractivity contribution in [3.8, 4) is 5.75 Å². The number of anilines is 1. The quantitative estimate of drug-likeness (QED) is 0.391. The van der Waals surface area contributed by atoms with Gasteiger partial charge in [-0.3, -0.25) is 19.5 Å². The molecule has 2 heterocycles. The van der Waals surface area contributed by atoms with Crippen molar-refractivity contribution in [3.05, 3.63) is 95.1 Å². The number of nitrogens with zero attached hydrogens (tertiary/aromatic N) is 2. The highest BCUT2D eigenvalue weighted by Gasteiger charge is 2.47. The number of carbonyl (C=O) groups excluding carboxylic acids is 2. The summed E-state index contributed by atoms with van der Waals surface area (Å²) in [7, 11) is 1.37. The van der Waals surface area contributed by atoms with Crippen molar-refractivity contribution >= 4 is 23.1 Å². The molecule has 0 radical (unpaired) electrons. The van der Waals surface area contributed by atoms with Gasteiger partial charge < -0.3 is 9.84 Å².